The standard InChI is InChI=1S/C16H23N7O3/c1-5-6-7-21-14(25)12-13(20(4)16(21)26)18-15-22(8-11(17)24)19-9(2)10(3)23(12)15/h10H,5-8H2,1-4H3,(H2,17,24)/t10-/m0/s1. The zero-order valence-corrected chi connectivity index (χ0v) is 15.4. The molecule has 1 amide bonds. The molecule has 0 radical (unpaired) electrons. The number of carbonyl (C=O) groups excluding carboxylic acids is 1. The molecule has 2 N–H and O–H groups in total. The van der Waals surface area contributed by atoms with Crippen LogP contribution in [0.3, 0.4) is 0 Å². The lowest BCUT2D eigenvalue weighted by atomic mass is 10.2. The van der Waals surface area contributed by atoms with Crippen LogP contribution in [-0.2, 0) is 18.4 Å². The minimum atomic E-state index is -0.566. The van der Waals surface area contributed by atoms with Gasteiger partial charge in [-0.15, -0.1) is 0 Å². The van der Waals surface area contributed by atoms with E-state index >= 15 is 0 Å². The predicted molar refractivity (Wildman–Crippen MR) is 98.5 cm³/mol. The number of nitrogens with zero attached hydrogens (tertiary/aromatic N) is 6. The number of fused-ring (bicyclic) bond motifs is 3. The van der Waals surface area contributed by atoms with Crippen molar-refractivity contribution < 1.29 is 4.79 Å². The van der Waals surface area contributed by atoms with Gasteiger partial charge >= 0.3 is 5.69 Å². The first-order valence-electron chi connectivity index (χ1n) is 8.60. The Balaban J connectivity index is 2.34. The molecule has 140 valence electrons. The van der Waals surface area contributed by atoms with Gasteiger partial charge in [0.2, 0.25) is 11.9 Å². The van der Waals surface area contributed by atoms with Crippen molar-refractivity contribution in [1.29, 1.82) is 0 Å². The third-order valence-corrected chi connectivity index (χ3v) is 4.70. The molecule has 10 heteroatoms. The number of amides is 1. The van der Waals surface area contributed by atoms with Crippen LogP contribution in [0.1, 0.15) is 39.7 Å². The van der Waals surface area contributed by atoms with Crippen molar-refractivity contribution >= 4 is 28.7 Å². The van der Waals surface area contributed by atoms with Gasteiger partial charge < -0.3 is 5.73 Å². The molecule has 0 fully saturated rings. The number of carbonyl (C=O) groups is 1. The van der Waals surface area contributed by atoms with Crippen LogP contribution < -0.4 is 22.0 Å². The van der Waals surface area contributed by atoms with E-state index in [9.17, 15) is 14.4 Å². The van der Waals surface area contributed by atoms with Crippen molar-refractivity contribution in [2.75, 3.05) is 11.6 Å². The molecule has 3 rings (SSSR count). The highest BCUT2D eigenvalue weighted by Gasteiger charge is 2.31. The normalized spacial score (nSPS) is 16.7. The monoisotopic (exact) mass is 361 g/mol. The summed E-state index contributed by atoms with van der Waals surface area (Å²) in [5.41, 5.74) is 5.84. The Hall–Kier alpha value is -2.91. The lowest BCUT2D eigenvalue weighted by molar-refractivity contribution is -0.116. The van der Waals surface area contributed by atoms with E-state index in [2.05, 4.69) is 10.1 Å². The Morgan fingerprint density at radius 3 is 2.62 bits per heavy atom. The Bertz CT molecular complexity index is 1030. The van der Waals surface area contributed by atoms with Gasteiger partial charge in [-0.2, -0.15) is 10.1 Å². The average Bonchev–Trinajstić information content (AvgIpc) is 2.98. The SMILES string of the molecule is CCCCn1c(=O)c2c(nc3n2[C@@H](C)C(C)=NN3CC(N)=O)n(C)c1=O. The molecule has 0 aliphatic carbocycles. The van der Waals surface area contributed by atoms with Gasteiger partial charge in [-0.1, -0.05) is 13.3 Å². The zero-order chi connectivity index (χ0) is 19.2. The molecule has 1 aliphatic rings. The zero-order valence-electron chi connectivity index (χ0n) is 15.4. The summed E-state index contributed by atoms with van der Waals surface area (Å²) in [6, 6.07) is -0.232. The number of hydrogen-bond donors (Lipinski definition) is 1. The molecular weight excluding hydrogens is 338 g/mol. The van der Waals surface area contributed by atoms with E-state index in [1.165, 1.54) is 14.1 Å². The van der Waals surface area contributed by atoms with Crippen LogP contribution in [0, 0.1) is 0 Å². The van der Waals surface area contributed by atoms with Crippen molar-refractivity contribution in [2.24, 2.45) is 17.9 Å². The fourth-order valence-corrected chi connectivity index (χ4v) is 3.15. The van der Waals surface area contributed by atoms with E-state index in [1.807, 2.05) is 20.8 Å². The van der Waals surface area contributed by atoms with Crippen LogP contribution in [-0.4, -0.2) is 36.8 Å². The quantitative estimate of drug-likeness (QED) is 0.800. The molecule has 0 aromatic carbocycles. The number of anilines is 1. The molecule has 10 nitrogen and oxygen atoms in total. The smallest absolute Gasteiger partial charge is 0.332 e. The van der Waals surface area contributed by atoms with Crippen molar-refractivity contribution in [3.05, 3.63) is 20.8 Å². The molecule has 0 bridgehead atoms. The lowest BCUT2D eigenvalue weighted by Crippen LogP contribution is -2.41. The van der Waals surface area contributed by atoms with Crippen LogP contribution in [0.2, 0.25) is 0 Å². The van der Waals surface area contributed by atoms with Gasteiger partial charge in [-0.05, 0) is 20.3 Å². The molecular formula is C16H23N7O3. The second-order valence-corrected chi connectivity index (χ2v) is 6.55. The average molecular weight is 361 g/mol. The summed E-state index contributed by atoms with van der Waals surface area (Å²) in [7, 11) is 1.59. The molecule has 1 atom stereocenters. The summed E-state index contributed by atoms with van der Waals surface area (Å²) in [4.78, 5) is 41.5. The summed E-state index contributed by atoms with van der Waals surface area (Å²) in [6.07, 6.45) is 1.60. The van der Waals surface area contributed by atoms with E-state index in [1.54, 1.807) is 11.6 Å². The number of aryl methyl sites for hydroxylation is 1. The number of primary amides is 1. The minimum absolute atomic E-state index is 0.161. The first kappa shape index (κ1) is 17.9. The van der Waals surface area contributed by atoms with E-state index in [4.69, 9.17) is 5.73 Å². The van der Waals surface area contributed by atoms with Crippen molar-refractivity contribution in [3.8, 4) is 0 Å². The largest absolute Gasteiger partial charge is 0.368 e. The first-order chi connectivity index (χ1) is 12.3. The van der Waals surface area contributed by atoms with Crippen LogP contribution in [0.4, 0.5) is 5.95 Å². The van der Waals surface area contributed by atoms with Crippen molar-refractivity contribution in [2.45, 2.75) is 46.2 Å². The lowest BCUT2D eigenvalue weighted by Gasteiger charge is -2.28. The third-order valence-electron chi connectivity index (χ3n) is 4.70. The van der Waals surface area contributed by atoms with Crippen LogP contribution in [0.25, 0.3) is 11.2 Å². The maximum absolute atomic E-state index is 13.1. The van der Waals surface area contributed by atoms with Crippen molar-refractivity contribution in [1.82, 2.24) is 18.7 Å². The summed E-state index contributed by atoms with van der Waals surface area (Å²) in [5.74, 6) is -0.235. The Morgan fingerprint density at radius 2 is 2.00 bits per heavy atom. The highest BCUT2D eigenvalue weighted by Crippen LogP contribution is 2.29. The fraction of sp³-hybridized carbons (Fsp3) is 0.562. The van der Waals surface area contributed by atoms with Crippen LogP contribution >= 0.6 is 0 Å². The molecule has 2 aromatic rings. The van der Waals surface area contributed by atoms with E-state index in [0.29, 0.717) is 23.7 Å². The van der Waals surface area contributed by atoms with E-state index < -0.39 is 11.6 Å². The van der Waals surface area contributed by atoms with Gasteiger partial charge in [0.15, 0.2) is 11.2 Å². The second-order valence-electron chi connectivity index (χ2n) is 6.55. The Kier molecular flexibility index (Phi) is 4.43. The molecule has 1 aliphatic heterocycles. The summed E-state index contributed by atoms with van der Waals surface area (Å²) >= 11 is 0. The predicted octanol–water partition coefficient (Wildman–Crippen LogP) is -0.0610. The molecule has 2 aromatic heterocycles. The number of imidazole rings is 1. The molecule has 0 saturated heterocycles. The highest BCUT2D eigenvalue weighted by atomic mass is 16.2. The number of rotatable bonds is 5. The summed E-state index contributed by atoms with van der Waals surface area (Å²) < 4.78 is 4.33. The third kappa shape index (κ3) is 2.61. The first-order valence-corrected chi connectivity index (χ1v) is 8.60. The molecule has 26 heavy (non-hydrogen) atoms. The highest BCUT2D eigenvalue weighted by molar-refractivity contribution is 5.92. The van der Waals surface area contributed by atoms with E-state index in [0.717, 1.165) is 12.8 Å². The van der Waals surface area contributed by atoms with Gasteiger partial charge in [0, 0.05) is 13.6 Å². The molecule has 0 spiro atoms. The summed E-state index contributed by atoms with van der Waals surface area (Å²) in [6.45, 7) is 5.89. The number of unbranched alkanes of at least 4 members (excludes halogenated alkanes) is 1. The Labute approximate surface area is 149 Å². The summed E-state index contributed by atoms with van der Waals surface area (Å²) in [5, 5.41) is 5.74. The minimum Gasteiger partial charge on any atom is -0.368 e. The van der Waals surface area contributed by atoms with Gasteiger partial charge in [0.25, 0.3) is 5.56 Å². The van der Waals surface area contributed by atoms with Gasteiger partial charge in [0.1, 0.15) is 6.54 Å². The molecule has 0 unspecified atom stereocenters. The number of hydrazone groups is 1. The maximum atomic E-state index is 13.1. The molecule has 3 heterocycles. The number of nitrogens with two attached hydrogens (primary N) is 1. The maximum Gasteiger partial charge on any atom is 0.332 e. The fourth-order valence-electron chi connectivity index (χ4n) is 3.15. The molecule has 0 saturated carbocycles. The van der Waals surface area contributed by atoms with Gasteiger partial charge in [-0.3, -0.25) is 23.3 Å². The van der Waals surface area contributed by atoms with Crippen molar-refractivity contribution in [3.63, 3.8) is 0 Å². The Morgan fingerprint density at radius 1 is 1.31 bits per heavy atom. The second kappa shape index (κ2) is 6.43. The van der Waals surface area contributed by atoms with Gasteiger partial charge in [-0.25, -0.2) is 9.80 Å². The van der Waals surface area contributed by atoms with E-state index in [-0.39, 0.29) is 23.8 Å². The number of hydrogen-bond acceptors (Lipinski definition) is 6. The van der Waals surface area contributed by atoms with Crippen LogP contribution in [0.15, 0.2) is 14.7 Å². The topological polar surface area (TPSA) is 121 Å². The number of aromatic nitrogens is 4. The van der Waals surface area contributed by atoms with Gasteiger partial charge in [0.05, 0.1) is 11.8 Å². The van der Waals surface area contributed by atoms with Crippen LogP contribution in [0.5, 0.6) is 0 Å².